The average molecular weight is 366 g/mol. The van der Waals surface area contributed by atoms with Crippen LogP contribution in [0.5, 0.6) is 0 Å². The molecule has 1 heterocycles. The average Bonchev–Trinajstić information content (AvgIpc) is 2.70. The summed E-state index contributed by atoms with van der Waals surface area (Å²) in [6, 6.07) is 0. The largest absolute Gasteiger partial charge is 0.308 e. The standard InChI is InChI=1S/C14H28ClN3O2SSi/c1-11(15)9-12-10-16-13(22(7,8)14(2,3)4)18(12)21(19,20)17(5)6/h10-11H,9H2,1-8H3. The van der Waals surface area contributed by atoms with Gasteiger partial charge < -0.3 is 0 Å². The minimum Gasteiger partial charge on any atom is -0.246 e. The lowest BCUT2D eigenvalue weighted by molar-refractivity contribution is 0.509. The van der Waals surface area contributed by atoms with Crippen LogP contribution in [0, 0.1) is 0 Å². The number of halogens is 1. The lowest BCUT2D eigenvalue weighted by atomic mass is 10.2. The molecule has 1 aromatic rings. The maximum atomic E-state index is 12.8. The van der Waals surface area contributed by atoms with Gasteiger partial charge in [0.15, 0.2) is 0 Å². The number of aromatic nitrogens is 2. The summed E-state index contributed by atoms with van der Waals surface area (Å²) in [6.07, 6.45) is 2.13. The van der Waals surface area contributed by atoms with Crippen LogP contribution < -0.4 is 5.45 Å². The minimum absolute atomic E-state index is 0.0121. The second kappa shape index (κ2) is 6.26. The molecule has 0 aliphatic carbocycles. The Labute approximate surface area is 140 Å². The van der Waals surface area contributed by atoms with Gasteiger partial charge in [-0.2, -0.15) is 12.7 Å². The Morgan fingerprint density at radius 2 is 1.86 bits per heavy atom. The van der Waals surface area contributed by atoms with Crippen molar-refractivity contribution in [2.45, 2.75) is 57.6 Å². The molecule has 1 atom stereocenters. The molecule has 0 radical (unpaired) electrons. The molecule has 0 fully saturated rings. The first-order valence-corrected chi connectivity index (χ1v) is 12.2. The Kier molecular flexibility index (Phi) is 5.60. The molecule has 0 saturated carbocycles. The zero-order valence-corrected chi connectivity index (χ0v) is 17.4. The molecule has 1 rings (SSSR count). The quantitative estimate of drug-likeness (QED) is 0.594. The van der Waals surface area contributed by atoms with Crippen molar-refractivity contribution < 1.29 is 8.42 Å². The normalized spacial score (nSPS) is 15.4. The molecule has 22 heavy (non-hydrogen) atoms. The summed E-state index contributed by atoms with van der Waals surface area (Å²) in [7, 11) is -2.65. The first kappa shape index (κ1) is 19.7. The first-order valence-electron chi connectivity index (χ1n) is 7.37. The Hall–Kier alpha value is -0.373. The van der Waals surface area contributed by atoms with Crippen molar-refractivity contribution in [1.29, 1.82) is 0 Å². The van der Waals surface area contributed by atoms with E-state index in [9.17, 15) is 8.42 Å². The first-order chi connectivity index (χ1) is 9.73. The summed E-state index contributed by atoms with van der Waals surface area (Å²) in [6.45, 7) is 12.6. The minimum atomic E-state index is -3.62. The molecule has 0 amide bonds. The highest BCUT2D eigenvalue weighted by Gasteiger charge is 2.43. The van der Waals surface area contributed by atoms with Crippen molar-refractivity contribution in [3.8, 4) is 0 Å². The Bertz CT molecular complexity index is 631. The molecule has 1 unspecified atom stereocenters. The van der Waals surface area contributed by atoms with Crippen LogP contribution in [0.25, 0.3) is 0 Å². The summed E-state index contributed by atoms with van der Waals surface area (Å²) in [5.74, 6) is 0. The predicted molar refractivity (Wildman–Crippen MR) is 96.1 cm³/mol. The number of nitrogens with zero attached hydrogens (tertiary/aromatic N) is 3. The van der Waals surface area contributed by atoms with Crippen molar-refractivity contribution in [3.05, 3.63) is 11.9 Å². The van der Waals surface area contributed by atoms with Gasteiger partial charge >= 0.3 is 10.2 Å². The fourth-order valence-electron chi connectivity index (χ4n) is 1.97. The van der Waals surface area contributed by atoms with Gasteiger partial charge in [-0.05, 0) is 12.0 Å². The van der Waals surface area contributed by atoms with Gasteiger partial charge in [0, 0.05) is 32.1 Å². The van der Waals surface area contributed by atoms with E-state index in [1.54, 1.807) is 20.3 Å². The molecule has 0 aliphatic rings. The zero-order chi connectivity index (χ0) is 17.5. The maximum Gasteiger partial charge on any atom is 0.308 e. The van der Waals surface area contributed by atoms with Crippen LogP contribution in [-0.4, -0.2) is 49.2 Å². The summed E-state index contributed by atoms with van der Waals surface area (Å²) in [4.78, 5) is 4.52. The lowest BCUT2D eigenvalue weighted by Gasteiger charge is -2.36. The van der Waals surface area contributed by atoms with Gasteiger partial charge in [-0.15, -0.1) is 11.6 Å². The number of imidazole rings is 1. The summed E-state index contributed by atoms with van der Waals surface area (Å²) >= 11 is 6.09. The van der Waals surface area contributed by atoms with Crippen LogP contribution in [-0.2, 0) is 16.6 Å². The van der Waals surface area contributed by atoms with Gasteiger partial charge in [0.25, 0.3) is 0 Å². The summed E-state index contributed by atoms with van der Waals surface area (Å²) in [5.41, 5.74) is 1.33. The topological polar surface area (TPSA) is 55.2 Å². The third kappa shape index (κ3) is 3.58. The summed E-state index contributed by atoms with van der Waals surface area (Å²) in [5, 5.41) is -0.165. The molecule has 8 heteroatoms. The van der Waals surface area contributed by atoms with Crippen molar-refractivity contribution in [2.24, 2.45) is 0 Å². The van der Waals surface area contributed by atoms with E-state index in [0.717, 1.165) is 0 Å². The molecular weight excluding hydrogens is 338 g/mol. The van der Waals surface area contributed by atoms with E-state index < -0.39 is 18.3 Å². The Morgan fingerprint density at radius 3 is 2.23 bits per heavy atom. The fraction of sp³-hybridized carbons (Fsp3) is 0.786. The molecule has 0 saturated heterocycles. The van der Waals surface area contributed by atoms with E-state index in [4.69, 9.17) is 11.6 Å². The van der Waals surface area contributed by atoms with Crippen molar-refractivity contribution in [3.63, 3.8) is 0 Å². The van der Waals surface area contributed by atoms with Gasteiger partial charge in [-0.1, -0.05) is 33.9 Å². The fourth-order valence-corrected chi connectivity index (χ4v) is 5.88. The Balaban J connectivity index is 3.66. The van der Waals surface area contributed by atoms with Crippen LogP contribution in [0.4, 0.5) is 0 Å². The van der Waals surface area contributed by atoms with Crippen LogP contribution in [0.3, 0.4) is 0 Å². The van der Waals surface area contributed by atoms with E-state index in [0.29, 0.717) is 17.6 Å². The molecule has 0 spiro atoms. The number of hydrogen-bond acceptors (Lipinski definition) is 3. The second-order valence-electron chi connectivity index (χ2n) is 7.49. The number of hydrogen-bond donors (Lipinski definition) is 0. The number of alkyl halides is 1. The molecule has 128 valence electrons. The molecule has 1 aromatic heterocycles. The molecule has 0 aromatic carbocycles. The van der Waals surface area contributed by atoms with Crippen molar-refractivity contribution in [1.82, 2.24) is 13.3 Å². The molecular formula is C14H28ClN3O2SSi. The maximum absolute atomic E-state index is 12.8. The smallest absolute Gasteiger partial charge is 0.246 e. The molecule has 5 nitrogen and oxygen atoms in total. The van der Waals surface area contributed by atoms with E-state index in [2.05, 4.69) is 38.8 Å². The SMILES string of the molecule is CC(Cl)Cc1cnc([Si](C)(C)C(C)(C)C)n1S(=O)(=O)N(C)C. The van der Waals surface area contributed by atoms with Crippen LogP contribution in [0.15, 0.2) is 6.20 Å². The van der Waals surface area contributed by atoms with E-state index in [1.807, 2.05) is 6.92 Å². The highest BCUT2D eigenvalue weighted by Crippen LogP contribution is 2.35. The molecule has 0 bridgehead atoms. The van der Waals surface area contributed by atoms with Gasteiger partial charge in [0.1, 0.15) is 13.5 Å². The highest BCUT2D eigenvalue weighted by atomic mass is 35.5. The van der Waals surface area contributed by atoms with Gasteiger partial charge in [0.2, 0.25) is 0 Å². The van der Waals surface area contributed by atoms with Gasteiger partial charge in [0.05, 0.1) is 5.69 Å². The lowest BCUT2D eigenvalue weighted by Crippen LogP contribution is -2.56. The Morgan fingerprint density at radius 1 is 1.36 bits per heavy atom. The van der Waals surface area contributed by atoms with E-state index in [-0.39, 0.29) is 10.4 Å². The van der Waals surface area contributed by atoms with E-state index >= 15 is 0 Å². The number of rotatable bonds is 5. The highest BCUT2D eigenvalue weighted by molar-refractivity contribution is 7.87. The molecule has 0 aliphatic heterocycles. The van der Waals surface area contributed by atoms with Crippen LogP contribution in [0.1, 0.15) is 33.4 Å². The predicted octanol–water partition coefficient (Wildman–Crippen LogP) is 2.42. The van der Waals surface area contributed by atoms with Crippen molar-refractivity contribution >= 4 is 35.3 Å². The monoisotopic (exact) mass is 365 g/mol. The zero-order valence-electron chi connectivity index (χ0n) is 14.8. The summed E-state index contributed by atoms with van der Waals surface area (Å²) < 4.78 is 28.3. The third-order valence-corrected chi connectivity index (χ3v) is 11.7. The van der Waals surface area contributed by atoms with Gasteiger partial charge in [-0.3, -0.25) is 0 Å². The van der Waals surface area contributed by atoms with Crippen LogP contribution in [0.2, 0.25) is 18.1 Å². The molecule has 0 N–H and O–H groups in total. The second-order valence-corrected chi connectivity index (χ2v) is 15.4. The van der Waals surface area contributed by atoms with Crippen molar-refractivity contribution in [2.75, 3.05) is 14.1 Å². The third-order valence-electron chi connectivity index (χ3n) is 4.41. The van der Waals surface area contributed by atoms with Gasteiger partial charge in [-0.25, -0.2) is 8.96 Å². The van der Waals surface area contributed by atoms with E-state index in [1.165, 1.54) is 8.28 Å². The van der Waals surface area contributed by atoms with Crippen LogP contribution >= 0.6 is 11.6 Å².